The zero-order valence-electron chi connectivity index (χ0n) is 13.9. The van der Waals surface area contributed by atoms with E-state index in [9.17, 15) is 9.59 Å². The van der Waals surface area contributed by atoms with Crippen molar-refractivity contribution in [2.24, 2.45) is 5.92 Å². The number of furan rings is 2. The van der Waals surface area contributed by atoms with Crippen molar-refractivity contribution < 1.29 is 23.2 Å². The van der Waals surface area contributed by atoms with Crippen LogP contribution < -0.4 is 0 Å². The summed E-state index contributed by atoms with van der Waals surface area (Å²) in [6, 6.07) is 3.40. The molecule has 1 saturated heterocycles. The summed E-state index contributed by atoms with van der Waals surface area (Å²) in [6.07, 6.45) is 5.47. The van der Waals surface area contributed by atoms with Crippen LogP contribution in [-0.4, -0.2) is 37.0 Å². The van der Waals surface area contributed by atoms with E-state index in [0.29, 0.717) is 42.3 Å². The smallest absolute Gasteiger partial charge is 0.341 e. The normalized spacial score (nSPS) is 15.5. The minimum Gasteiger partial charge on any atom is -0.469 e. The van der Waals surface area contributed by atoms with Crippen molar-refractivity contribution in [2.75, 3.05) is 20.2 Å². The molecule has 0 aliphatic carbocycles. The zero-order valence-corrected chi connectivity index (χ0v) is 13.9. The summed E-state index contributed by atoms with van der Waals surface area (Å²) in [5.41, 5.74) is 1.09. The van der Waals surface area contributed by atoms with Crippen molar-refractivity contribution in [1.82, 2.24) is 4.90 Å². The molecule has 1 aliphatic rings. The van der Waals surface area contributed by atoms with Gasteiger partial charge in [-0.15, -0.1) is 0 Å². The molecule has 6 heteroatoms. The Morgan fingerprint density at radius 1 is 1.29 bits per heavy atom. The van der Waals surface area contributed by atoms with Crippen molar-refractivity contribution in [3.63, 3.8) is 0 Å². The van der Waals surface area contributed by atoms with Gasteiger partial charge < -0.3 is 18.5 Å². The molecule has 1 aliphatic heterocycles. The highest BCUT2D eigenvalue weighted by molar-refractivity contribution is 5.94. The molecule has 0 unspecified atom stereocenters. The van der Waals surface area contributed by atoms with E-state index in [1.165, 1.54) is 19.6 Å². The molecule has 0 radical (unpaired) electrons. The van der Waals surface area contributed by atoms with Crippen LogP contribution in [0.2, 0.25) is 0 Å². The van der Waals surface area contributed by atoms with E-state index in [0.717, 1.165) is 18.6 Å². The van der Waals surface area contributed by atoms with Crippen molar-refractivity contribution in [1.29, 1.82) is 0 Å². The van der Waals surface area contributed by atoms with Crippen LogP contribution in [0.4, 0.5) is 0 Å². The van der Waals surface area contributed by atoms with E-state index in [1.54, 1.807) is 12.1 Å². The first-order chi connectivity index (χ1) is 11.6. The molecule has 1 amide bonds. The first kappa shape index (κ1) is 16.4. The first-order valence-electron chi connectivity index (χ1n) is 8.07. The number of esters is 1. The number of hydrogen-bond donors (Lipinski definition) is 0. The van der Waals surface area contributed by atoms with Crippen LogP contribution in [0.1, 0.15) is 45.1 Å². The van der Waals surface area contributed by atoms with Crippen LogP contribution in [0.3, 0.4) is 0 Å². The molecule has 128 valence electrons. The SMILES string of the molecule is COC(=O)c1ccoc1CC1CCN(C(=O)c2coc(C)c2)CC1. The monoisotopic (exact) mass is 331 g/mol. The third-order valence-electron chi connectivity index (χ3n) is 4.50. The minimum atomic E-state index is -0.373. The molecular weight excluding hydrogens is 310 g/mol. The molecule has 0 spiro atoms. The standard InChI is InChI=1S/C18H21NO5/c1-12-9-14(11-24-12)17(20)19-6-3-13(4-7-19)10-16-15(5-8-23-16)18(21)22-2/h5,8-9,11,13H,3-4,6-7,10H2,1-2H3. The van der Waals surface area contributed by atoms with Gasteiger partial charge in [0.2, 0.25) is 0 Å². The Balaban J connectivity index is 1.57. The van der Waals surface area contributed by atoms with Crippen molar-refractivity contribution in [3.05, 3.63) is 47.3 Å². The van der Waals surface area contributed by atoms with Gasteiger partial charge in [-0.3, -0.25) is 4.79 Å². The maximum atomic E-state index is 12.4. The molecule has 24 heavy (non-hydrogen) atoms. The third-order valence-corrected chi connectivity index (χ3v) is 4.50. The lowest BCUT2D eigenvalue weighted by Crippen LogP contribution is -2.38. The summed E-state index contributed by atoms with van der Waals surface area (Å²) < 4.78 is 15.4. The van der Waals surface area contributed by atoms with Crippen molar-refractivity contribution in [3.8, 4) is 0 Å². The fourth-order valence-corrected chi connectivity index (χ4v) is 3.13. The minimum absolute atomic E-state index is 0.0125. The number of hydrogen-bond acceptors (Lipinski definition) is 5. The summed E-state index contributed by atoms with van der Waals surface area (Å²) in [7, 11) is 1.36. The highest BCUT2D eigenvalue weighted by atomic mass is 16.5. The summed E-state index contributed by atoms with van der Waals surface area (Å²) >= 11 is 0. The fraction of sp³-hybridized carbons (Fsp3) is 0.444. The molecule has 6 nitrogen and oxygen atoms in total. The number of carbonyl (C=O) groups excluding carboxylic acids is 2. The fourth-order valence-electron chi connectivity index (χ4n) is 3.13. The van der Waals surface area contributed by atoms with Crippen LogP contribution in [0.5, 0.6) is 0 Å². The molecule has 3 heterocycles. The number of aryl methyl sites for hydroxylation is 1. The van der Waals surface area contributed by atoms with Gasteiger partial charge in [0.05, 0.1) is 18.9 Å². The molecule has 2 aromatic heterocycles. The highest BCUT2D eigenvalue weighted by Gasteiger charge is 2.26. The van der Waals surface area contributed by atoms with Gasteiger partial charge in [-0.1, -0.05) is 0 Å². The number of rotatable bonds is 4. The van der Waals surface area contributed by atoms with E-state index in [4.69, 9.17) is 13.6 Å². The Bertz CT molecular complexity index is 721. The van der Waals surface area contributed by atoms with Gasteiger partial charge in [-0.05, 0) is 37.8 Å². The largest absolute Gasteiger partial charge is 0.469 e. The van der Waals surface area contributed by atoms with Gasteiger partial charge >= 0.3 is 5.97 Å². The van der Waals surface area contributed by atoms with E-state index in [-0.39, 0.29) is 11.9 Å². The summed E-state index contributed by atoms with van der Waals surface area (Å²) in [5.74, 6) is 1.42. The summed E-state index contributed by atoms with van der Waals surface area (Å²) in [4.78, 5) is 25.9. The number of likely N-dealkylation sites (tertiary alicyclic amines) is 1. The average Bonchev–Trinajstić information content (AvgIpc) is 3.23. The topological polar surface area (TPSA) is 72.9 Å². The number of piperidine rings is 1. The molecule has 0 N–H and O–H groups in total. The molecular formula is C18H21NO5. The van der Waals surface area contributed by atoms with Gasteiger partial charge in [-0.25, -0.2) is 4.79 Å². The van der Waals surface area contributed by atoms with Crippen LogP contribution in [0.25, 0.3) is 0 Å². The summed E-state index contributed by atoms with van der Waals surface area (Å²) in [6.45, 7) is 3.22. The second kappa shape index (κ2) is 6.95. The molecule has 2 aromatic rings. The zero-order chi connectivity index (χ0) is 17.1. The molecule has 0 bridgehead atoms. The van der Waals surface area contributed by atoms with E-state index >= 15 is 0 Å². The van der Waals surface area contributed by atoms with E-state index < -0.39 is 0 Å². The number of carbonyl (C=O) groups is 2. The third kappa shape index (κ3) is 3.37. The Labute approximate surface area is 140 Å². The predicted molar refractivity (Wildman–Crippen MR) is 85.8 cm³/mol. The second-order valence-corrected chi connectivity index (χ2v) is 6.13. The van der Waals surface area contributed by atoms with Crippen LogP contribution >= 0.6 is 0 Å². The Hall–Kier alpha value is -2.50. The number of methoxy groups -OCH3 is 1. The summed E-state index contributed by atoms with van der Waals surface area (Å²) in [5, 5.41) is 0. The highest BCUT2D eigenvalue weighted by Crippen LogP contribution is 2.25. The second-order valence-electron chi connectivity index (χ2n) is 6.13. The molecule has 0 saturated carbocycles. The Kier molecular flexibility index (Phi) is 4.74. The molecule has 0 atom stereocenters. The lowest BCUT2D eigenvalue weighted by molar-refractivity contribution is 0.0597. The van der Waals surface area contributed by atoms with Gasteiger partial charge in [-0.2, -0.15) is 0 Å². The molecule has 3 rings (SSSR count). The van der Waals surface area contributed by atoms with Gasteiger partial charge in [0, 0.05) is 19.5 Å². The lowest BCUT2D eigenvalue weighted by Gasteiger charge is -2.31. The predicted octanol–water partition coefficient (Wildman–Crippen LogP) is 3.06. The quantitative estimate of drug-likeness (QED) is 0.805. The van der Waals surface area contributed by atoms with Crippen molar-refractivity contribution in [2.45, 2.75) is 26.2 Å². The average molecular weight is 331 g/mol. The van der Waals surface area contributed by atoms with Crippen LogP contribution in [-0.2, 0) is 11.2 Å². The van der Waals surface area contributed by atoms with Gasteiger partial charge in [0.25, 0.3) is 5.91 Å². The molecule has 1 fully saturated rings. The van der Waals surface area contributed by atoms with E-state index in [1.807, 2.05) is 11.8 Å². The number of amides is 1. The molecule has 0 aromatic carbocycles. The number of nitrogens with zero attached hydrogens (tertiary/aromatic N) is 1. The van der Waals surface area contributed by atoms with E-state index in [2.05, 4.69) is 0 Å². The Morgan fingerprint density at radius 3 is 2.67 bits per heavy atom. The maximum absolute atomic E-state index is 12.4. The Morgan fingerprint density at radius 2 is 2.04 bits per heavy atom. The van der Waals surface area contributed by atoms with Crippen LogP contribution in [0, 0.1) is 12.8 Å². The maximum Gasteiger partial charge on any atom is 0.341 e. The number of ether oxygens (including phenoxy) is 1. The van der Waals surface area contributed by atoms with Gasteiger partial charge in [0.1, 0.15) is 23.3 Å². The van der Waals surface area contributed by atoms with Gasteiger partial charge in [0.15, 0.2) is 0 Å². The lowest BCUT2D eigenvalue weighted by atomic mass is 9.91. The van der Waals surface area contributed by atoms with Crippen molar-refractivity contribution >= 4 is 11.9 Å². The van der Waals surface area contributed by atoms with Crippen LogP contribution in [0.15, 0.2) is 33.5 Å². The first-order valence-corrected chi connectivity index (χ1v) is 8.07.